The van der Waals surface area contributed by atoms with E-state index in [2.05, 4.69) is 15.2 Å². The smallest absolute Gasteiger partial charge is 0.255 e. The molecule has 0 bridgehead atoms. The highest BCUT2D eigenvalue weighted by Crippen LogP contribution is 2.18. The number of rotatable bonds is 1. The summed E-state index contributed by atoms with van der Waals surface area (Å²) in [6, 6.07) is 5.58. The first-order valence-electron chi connectivity index (χ1n) is 4.14. The Morgan fingerprint density at radius 2 is 2.29 bits per heavy atom. The van der Waals surface area contributed by atoms with Gasteiger partial charge in [-0.25, -0.2) is 4.98 Å². The third-order valence-corrected chi connectivity index (χ3v) is 1.99. The minimum atomic E-state index is 0.568. The summed E-state index contributed by atoms with van der Waals surface area (Å²) in [5.41, 5.74) is 0.894. The summed E-state index contributed by atoms with van der Waals surface area (Å²) >= 11 is 0. The van der Waals surface area contributed by atoms with Gasteiger partial charge in [0.2, 0.25) is 0 Å². The molecule has 68 valence electrons. The third kappa shape index (κ3) is 0.922. The van der Waals surface area contributed by atoms with Gasteiger partial charge in [0.15, 0.2) is 5.76 Å². The van der Waals surface area contributed by atoms with Gasteiger partial charge in [0.1, 0.15) is 6.33 Å². The van der Waals surface area contributed by atoms with Crippen LogP contribution in [0.4, 0.5) is 0 Å². The van der Waals surface area contributed by atoms with Crippen LogP contribution in [-0.4, -0.2) is 19.6 Å². The second kappa shape index (κ2) is 2.66. The Labute approximate surface area is 79.0 Å². The average molecular weight is 186 g/mol. The van der Waals surface area contributed by atoms with Crippen LogP contribution in [0.25, 0.3) is 17.2 Å². The highest BCUT2D eigenvalue weighted by atomic mass is 16.3. The van der Waals surface area contributed by atoms with Crippen molar-refractivity contribution in [2.45, 2.75) is 0 Å². The zero-order valence-corrected chi connectivity index (χ0v) is 7.16. The molecular weight excluding hydrogens is 180 g/mol. The number of fused-ring (bicyclic) bond motifs is 1. The molecule has 0 aromatic carbocycles. The summed E-state index contributed by atoms with van der Waals surface area (Å²) in [4.78, 5) is 4.06. The molecule has 0 saturated carbocycles. The monoisotopic (exact) mass is 186 g/mol. The van der Waals surface area contributed by atoms with E-state index in [4.69, 9.17) is 4.42 Å². The number of nitrogens with zero attached hydrogens (tertiary/aromatic N) is 4. The van der Waals surface area contributed by atoms with Crippen molar-refractivity contribution in [1.82, 2.24) is 19.6 Å². The van der Waals surface area contributed by atoms with Crippen molar-refractivity contribution in [3.63, 3.8) is 0 Å². The Morgan fingerprint density at radius 1 is 1.29 bits per heavy atom. The summed E-state index contributed by atoms with van der Waals surface area (Å²) in [5, 5.41) is 7.63. The Morgan fingerprint density at radius 3 is 3.14 bits per heavy atom. The van der Waals surface area contributed by atoms with Gasteiger partial charge in [-0.3, -0.25) is 4.40 Å². The summed E-state index contributed by atoms with van der Waals surface area (Å²) < 4.78 is 7.07. The molecule has 0 radical (unpaired) electrons. The minimum Gasteiger partial charge on any atom is -0.463 e. The molecule has 0 spiro atoms. The molecule has 0 N–H and O–H groups in total. The molecule has 0 aliphatic rings. The maximum absolute atomic E-state index is 5.29. The zero-order valence-electron chi connectivity index (χ0n) is 7.16. The van der Waals surface area contributed by atoms with Crippen LogP contribution in [0.5, 0.6) is 0 Å². The topological polar surface area (TPSA) is 56.2 Å². The molecule has 0 amide bonds. The van der Waals surface area contributed by atoms with E-state index in [1.165, 1.54) is 0 Å². The molecule has 0 aliphatic heterocycles. The predicted octanol–water partition coefficient (Wildman–Crippen LogP) is 1.38. The van der Waals surface area contributed by atoms with Gasteiger partial charge in [0.25, 0.3) is 5.78 Å². The molecule has 0 unspecified atom stereocenters. The first-order chi connectivity index (χ1) is 6.95. The van der Waals surface area contributed by atoms with Crippen molar-refractivity contribution in [2.75, 3.05) is 0 Å². The fourth-order valence-corrected chi connectivity index (χ4v) is 1.37. The number of aromatic nitrogens is 4. The summed E-state index contributed by atoms with van der Waals surface area (Å²) in [6.07, 6.45) is 4.92. The SMILES string of the molecule is c1coc(-c2ccnc3nncn23)c1. The van der Waals surface area contributed by atoms with Crippen molar-refractivity contribution in [3.8, 4) is 11.5 Å². The normalized spacial score (nSPS) is 10.9. The Bertz CT molecular complexity index is 555. The van der Waals surface area contributed by atoms with Gasteiger partial charge in [-0.15, -0.1) is 10.2 Å². The largest absolute Gasteiger partial charge is 0.463 e. The zero-order chi connectivity index (χ0) is 9.38. The van der Waals surface area contributed by atoms with Gasteiger partial charge >= 0.3 is 0 Å². The van der Waals surface area contributed by atoms with Gasteiger partial charge in [-0.05, 0) is 18.2 Å². The van der Waals surface area contributed by atoms with Crippen LogP contribution in [0, 0.1) is 0 Å². The number of hydrogen-bond donors (Lipinski definition) is 0. The molecule has 5 nitrogen and oxygen atoms in total. The molecule has 0 fully saturated rings. The maximum atomic E-state index is 5.29. The molecule has 14 heavy (non-hydrogen) atoms. The third-order valence-electron chi connectivity index (χ3n) is 1.99. The van der Waals surface area contributed by atoms with Crippen molar-refractivity contribution in [2.24, 2.45) is 0 Å². The van der Waals surface area contributed by atoms with Gasteiger partial charge in [-0.1, -0.05) is 0 Å². The second-order valence-corrected chi connectivity index (χ2v) is 2.81. The highest BCUT2D eigenvalue weighted by Gasteiger charge is 2.06. The van der Waals surface area contributed by atoms with Crippen LogP contribution >= 0.6 is 0 Å². The van der Waals surface area contributed by atoms with Gasteiger partial charge < -0.3 is 4.42 Å². The predicted molar refractivity (Wildman–Crippen MR) is 48.5 cm³/mol. The molecular formula is C9H6N4O. The summed E-state index contributed by atoms with van der Waals surface area (Å²) in [6.45, 7) is 0. The van der Waals surface area contributed by atoms with E-state index in [1.807, 2.05) is 18.2 Å². The lowest BCUT2D eigenvalue weighted by atomic mass is 10.3. The van der Waals surface area contributed by atoms with E-state index in [0.29, 0.717) is 5.78 Å². The standard InChI is InChI=1S/C9H6N4O/c1-2-8(14-5-1)7-3-4-10-9-12-11-6-13(7)9/h1-6H. The quantitative estimate of drug-likeness (QED) is 0.576. The van der Waals surface area contributed by atoms with Crippen LogP contribution in [0.1, 0.15) is 0 Å². The van der Waals surface area contributed by atoms with Crippen molar-refractivity contribution in [1.29, 1.82) is 0 Å². The summed E-state index contributed by atoms with van der Waals surface area (Å²) in [7, 11) is 0. The molecule has 3 heterocycles. The highest BCUT2D eigenvalue weighted by molar-refractivity contribution is 5.55. The molecule has 5 heteroatoms. The fourth-order valence-electron chi connectivity index (χ4n) is 1.37. The van der Waals surface area contributed by atoms with Gasteiger partial charge in [0, 0.05) is 6.20 Å². The van der Waals surface area contributed by atoms with E-state index in [1.54, 1.807) is 23.2 Å². The van der Waals surface area contributed by atoms with E-state index < -0.39 is 0 Å². The van der Waals surface area contributed by atoms with E-state index >= 15 is 0 Å². The Hall–Kier alpha value is -2.17. The number of furan rings is 1. The lowest BCUT2D eigenvalue weighted by Gasteiger charge is -1.98. The Balaban J connectivity index is 2.36. The van der Waals surface area contributed by atoms with Crippen LogP contribution < -0.4 is 0 Å². The molecule has 3 aromatic rings. The maximum Gasteiger partial charge on any atom is 0.255 e. The molecule has 0 aliphatic carbocycles. The Kier molecular flexibility index (Phi) is 1.38. The van der Waals surface area contributed by atoms with Crippen molar-refractivity contribution in [3.05, 3.63) is 37.0 Å². The fraction of sp³-hybridized carbons (Fsp3) is 0. The summed E-state index contributed by atoms with van der Waals surface area (Å²) in [5.74, 6) is 1.34. The molecule has 3 aromatic heterocycles. The van der Waals surface area contributed by atoms with E-state index in [0.717, 1.165) is 11.5 Å². The average Bonchev–Trinajstić information content (AvgIpc) is 2.88. The van der Waals surface area contributed by atoms with Crippen LogP contribution in [0.2, 0.25) is 0 Å². The first-order valence-corrected chi connectivity index (χ1v) is 4.14. The van der Waals surface area contributed by atoms with E-state index in [9.17, 15) is 0 Å². The van der Waals surface area contributed by atoms with Crippen molar-refractivity contribution < 1.29 is 4.42 Å². The van der Waals surface area contributed by atoms with Crippen LogP contribution in [0.3, 0.4) is 0 Å². The molecule has 3 rings (SSSR count). The second-order valence-electron chi connectivity index (χ2n) is 2.81. The lowest BCUT2D eigenvalue weighted by Crippen LogP contribution is -1.91. The lowest BCUT2D eigenvalue weighted by molar-refractivity contribution is 0.579. The van der Waals surface area contributed by atoms with Crippen LogP contribution in [0.15, 0.2) is 41.4 Å². The molecule has 0 atom stereocenters. The van der Waals surface area contributed by atoms with Gasteiger partial charge in [-0.2, -0.15) is 0 Å². The number of hydrogen-bond acceptors (Lipinski definition) is 4. The minimum absolute atomic E-state index is 0.568. The van der Waals surface area contributed by atoms with E-state index in [-0.39, 0.29) is 0 Å². The van der Waals surface area contributed by atoms with Gasteiger partial charge in [0.05, 0.1) is 12.0 Å². The molecule has 0 saturated heterocycles. The van der Waals surface area contributed by atoms with Crippen molar-refractivity contribution >= 4 is 5.78 Å². The van der Waals surface area contributed by atoms with Crippen LogP contribution in [-0.2, 0) is 0 Å². The first kappa shape index (κ1) is 7.25.